The highest BCUT2D eigenvalue weighted by Crippen LogP contribution is 2.19. The SMILES string of the molecule is CCO[C@@H]1O[C@@H](COC(C)=O)C=C[C@H]1C. The molecule has 3 atom stereocenters. The molecule has 0 bridgehead atoms. The molecular weight excluding hydrogens is 196 g/mol. The summed E-state index contributed by atoms with van der Waals surface area (Å²) in [7, 11) is 0. The third-order valence-corrected chi connectivity index (χ3v) is 2.15. The lowest BCUT2D eigenvalue weighted by molar-refractivity contribution is -0.192. The van der Waals surface area contributed by atoms with Crippen LogP contribution in [0.2, 0.25) is 0 Å². The maximum absolute atomic E-state index is 10.6. The van der Waals surface area contributed by atoms with Gasteiger partial charge in [0.25, 0.3) is 0 Å². The Balaban J connectivity index is 2.41. The number of carbonyl (C=O) groups excluding carboxylic acids is 1. The molecule has 0 saturated carbocycles. The lowest BCUT2D eigenvalue weighted by atomic mass is 10.1. The van der Waals surface area contributed by atoms with E-state index in [1.165, 1.54) is 6.92 Å². The molecule has 1 heterocycles. The second-order valence-corrected chi connectivity index (χ2v) is 3.54. The first kappa shape index (κ1) is 12.2. The summed E-state index contributed by atoms with van der Waals surface area (Å²) in [6, 6.07) is 0. The zero-order valence-corrected chi connectivity index (χ0v) is 9.43. The fourth-order valence-electron chi connectivity index (χ4n) is 1.38. The van der Waals surface area contributed by atoms with E-state index in [1.54, 1.807) is 0 Å². The Morgan fingerprint density at radius 2 is 2.20 bits per heavy atom. The van der Waals surface area contributed by atoms with E-state index in [-0.39, 0.29) is 30.9 Å². The van der Waals surface area contributed by atoms with Crippen molar-refractivity contribution in [2.45, 2.75) is 33.2 Å². The van der Waals surface area contributed by atoms with Gasteiger partial charge in [-0.2, -0.15) is 0 Å². The number of hydrogen-bond acceptors (Lipinski definition) is 4. The van der Waals surface area contributed by atoms with Crippen molar-refractivity contribution in [3.8, 4) is 0 Å². The zero-order valence-electron chi connectivity index (χ0n) is 9.43. The van der Waals surface area contributed by atoms with Crippen LogP contribution >= 0.6 is 0 Å². The number of esters is 1. The van der Waals surface area contributed by atoms with E-state index in [0.717, 1.165) is 0 Å². The highest BCUT2D eigenvalue weighted by molar-refractivity contribution is 5.65. The Morgan fingerprint density at radius 1 is 1.47 bits per heavy atom. The highest BCUT2D eigenvalue weighted by atomic mass is 16.7. The van der Waals surface area contributed by atoms with E-state index in [4.69, 9.17) is 14.2 Å². The van der Waals surface area contributed by atoms with Crippen LogP contribution in [-0.4, -0.2) is 31.6 Å². The molecule has 0 radical (unpaired) electrons. The average molecular weight is 214 g/mol. The van der Waals surface area contributed by atoms with E-state index in [9.17, 15) is 4.79 Å². The van der Waals surface area contributed by atoms with Gasteiger partial charge < -0.3 is 14.2 Å². The van der Waals surface area contributed by atoms with E-state index >= 15 is 0 Å². The molecule has 0 aromatic carbocycles. The molecule has 0 unspecified atom stereocenters. The molecule has 0 aromatic rings. The summed E-state index contributed by atoms with van der Waals surface area (Å²) < 4.78 is 15.9. The van der Waals surface area contributed by atoms with Crippen molar-refractivity contribution >= 4 is 5.97 Å². The van der Waals surface area contributed by atoms with Crippen molar-refractivity contribution in [3.05, 3.63) is 12.2 Å². The summed E-state index contributed by atoms with van der Waals surface area (Å²) in [5.41, 5.74) is 0. The van der Waals surface area contributed by atoms with Gasteiger partial charge in [0.2, 0.25) is 0 Å². The van der Waals surface area contributed by atoms with Gasteiger partial charge in [0.1, 0.15) is 12.7 Å². The summed E-state index contributed by atoms with van der Waals surface area (Å²) in [5.74, 6) is -0.0582. The second-order valence-electron chi connectivity index (χ2n) is 3.54. The maximum atomic E-state index is 10.6. The van der Waals surface area contributed by atoms with Gasteiger partial charge in [-0.05, 0) is 6.92 Å². The first-order chi connectivity index (χ1) is 7.13. The van der Waals surface area contributed by atoms with Gasteiger partial charge in [-0.1, -0.05) is 19.1 Å². The average Bonchev–Trinajstić information content (AvgIpc) is 2.19. The van der Waals surface area contributed by atoms with Gasteiger partial charge in [-0.25, -0.2) is 0 Å². The third kappa shape index (κ3) is 4.01. The zero-order chi connectivity index (χ0) is 11.3. The van der Waals surface area contributed by atoms with Crippen molar-refractivity contribution in [2.24, 2.45) is 5.92 Å². The van der Waals surface area contributed by atoms with Gasteiger partial charge >= 0.3 is 5.97 Å². The predicted octanol–water partition coefficient (Wildman–Crippen LogP) is 1.50. The molecule has 0 aromatic heterocycles. The minimum absolute atomic E-state index is 0.193. The van der Waals surface area contributed by atoms with Crippen LogP contribution in [0.4, 0.5) is 0 Å². The Labute approximate surface area is 90.2 Å². The summed E-state index contributed by atoms with van der Waals surface area (Å²) in [5, 5.41) is 0. The second kappa shape index (κ2) is 5.88. The molecule has 4 heteroatoms. The van der Waals surface area contributed by atoms with Gasteiger partial charge in [-0.15, -0.1) is 0 Å². The van der Waals surface area contributed by atoms with Crippen LogP contribution in [0.15, 0.2) is 12.2 Å². The number of carbonyl (C=O) groups is 1. The summed E-state index contributed by atoms with van der Waals surface area (Å²) in [6.45, 7) is 6.20. The van der Waals surface area contributed by atoms with E-state index in [2.05, 4.69) is 0 Å². The first-order valence-corrected chi connectivity index (χ1v) is 5.22. The Hall–Kier alpha value is -0.870. The standard InChI is InChI=1S/C11H18O4/c1-4-13-11-8(2)5-6-10(15-11)7-14-9(3)12/h5-6,8,10-11H,4,7H2,1-3H3/t8-,10-,11-/m1/s1. The minimum Gasteiger partial charge on any atom is -0.463 e. The van der Waals surface area contributed by atoms with Crippen LogP contribution in [0.1, 0.15) is 20.8 Å². The number of ether oxygens (including phenoxy) is 3. The van der Waals surface area contributed by atoms with Crippen molar-refractivity contribution in [3.63, 3.8) is 0 Å². The van der Waals surface area contributed by atoms with Crippen LogP contribution < -0.4 is 0 Å². The summed E-state index contributed by atoms with van der Waals surface area (Å²) in [4.78, 5) is 10.6. The lowest BCUT2D eigenvalue weighted by Gasteiger charge is -2.29. The molecule has 0 spiro atoms. The van der Waals surface area contributed by atoms with E-state index < -0.39 is 0 Å². The van der Waals surface area contributed by atoms with Crippen LogP contribution in [0.5, 0.6) is 0 Å². The van der Waals surface area contributed by atoms with Gasteiger partial charge in [0, 0.05) is 19.4 Å². The highest BCUT2D eigenvalue weighted by Gasteiger charge is 2.24. The topological polar surface area (TPSA) is 44.8 Å². The molecule has 1 rings (SSSR count). The summed E-state index contributed by atoms with van der Waals surface area (Å²) >= 11 is 0. The molecule has 0 saturated heterocycles. The molecule has 1 aliphatic rings. The normalized spacial score (nSPS) is 30.2. The smallest absolute Gasteiger partial charge is 0.302 e. The quantitative estimate of drug-likeness (QED) is 0.525. The number of hydrogen-bond donors (Lipinski definition) is 0. The van der Waals surface area contributed by atoms with Gasteiger partial charge in [-0.3, -0.25) is 4.79 Å². The monoisotopic (exact) mass is 214 g/mol. The molecule has 0 amide bonds. The Bertz CT molecular complexity index is 237. The van der Waals surface area contributed by atoms with Crippen molar-refractivity contribution in [1.29, 1.82) is 0 Å². The fraction of sp³-hybridized carbons (Fsp3) is 0.727. The molecule has 0 N–H and O–H groups in total. The van der Waals surface area contributed by atoms with Crippen LogP contribution in [0.25, 0.3) is 0 Å². The molecule has 0 fully saturated rings. The molecule has 4 nitrogen and oxygen atoms in total. The van der Waals surface area contributed by atoms with Crippen LogP contribution in [0, 0.1) is 5.92 Å². The Kier molecular flexibility index (Phi) is 4.78. The molecule has 15 heavy (non-hydrogen) atoms. The third-order valence-electron chi connectivity index (χ3n) is 2.15. The maximum Gasteiger partial charge on any atom is 0.302 e. The van der Waals surface area contributed by atoms with E-state index in [0.29, 0.717) is 6.61 Å². The fourth-order valence-corrected chi connectivity index (χ4v) is 1.38. The summed E-state index contributed by atoms with van der Waals surface area (Å²) in [6.07, 6.45) is 3.50. The van der Waals surface area contributed by atoms with Crippen molar-refractivity contribution in [2.75, 3.05) is 13.2 Å². The first-order valence-electron chi connectivity index (χ1n) is 5.22. The lowest BCUT2D eigenvalue weighted by Crippen LogP contribution is -2.35. The Morgan fingerprint density at radius 3 is 2.80 bits per heavy atom. The van der Waals surface area contributed by atoms with Crippen LogP contribution in [-0.2, 0) is 19.0 Å². The number of rotatable bonds is 4. The molecular formula is C11H18O4. The van der Waals surface area contributed by atoms with Crippen molar-refractivity contribution in [1.82, 2.24) is 0 Å². The largest absolute Gasteiger partial charge is 0.463 e. The van der Waals surface area contributed by atoms with Crippen molar-refractivity contribution < 1.29 is 19.0 Å². The predicted molar refractivity (Wildman–Crippen MR) is 55.2 cm³/mol. The van der Waals surface area contributed by atoms with E-state index in [1.807, 2.05) is 26.0 Å². The van der Waals surface area contributed by atoms with Gasteiger partial charge in [0.05, 0.1) is 0 Å². The van der Waals surface area contributed by atoms with Crippen LogP contribution in [0.3, 0.4) is 0 Å². The van der Waals surface area contributed by atoms with Gasteiger partial charge in [0.15, 0.2) is 6.29 Å². The molecule has 1 aliphatic heterocycles. The molecule has 0 aliphatic carbocycles. The molecule has 86 valence electrons. The minimum atomic E-state index is -0.293.